The van der Waals surface area contributed by atoms with Gasteiger partial charge in [-0.2, -0.15) is 0 Å². The lowest BCUT2D eigenvalue weighted by Crippen LogP contribution is -2.02. The van der Waals surface area contributed by atoms with E-state index in [1.54, 1.807) is 18.6 Å². The molecule has 1 aromatic carbocycles. The van der Waals surface area contributed by atoms with Crippen LogP contribution in [-0.2, 0) is 6.61 Å². The van der Waals surface area contributed by atoms with Crippen molar-refractivity contribution in [2.75, 3.05) is 0 Å². The molecule has 4 aromatic rings. The van der Waals surface area contributed by atoms with E-state index in [2.05, 4.69) is 31.8 Å². The van der Waals surface area contributed by atoms with E-state index >= 15 is 0 Å². The Morgan fingerprint density at radius 1 is 0.889 bits per heavy atom. The number of rotatable bonds is 3. The van der Waals surface area contributed by atoms with Crippen LogP contribution >= 0.6 is 0 Å². The maximum Gasteiger partial charge on any atom is 0.250 e. The fourth-order valence-electron chi connectivity index (χ4n) is 2.46. The third kappa shape index (κ3) is 4.07. The van der Waals surface area contributed by atoms with Gasteiger partial charge in [-0.15, -0.1) is 0 Å². The quantitative estimate of drug-likeness (QED) is 0.526. The van der Waals surface area contributed by atoms with E-state index in [0.29, 0.717) is 29.3 Å². The zero-order chi connectivity index (χ0) is 18.5. The molecule has 27 heavy (non-hydrogen) atoms. The van der Waals surface area contributed by atoms with Gasteiger partial charge in [0.2, 0.25) is 5.88 Å². The fourth-order valence-corrected chi connectivity index (χ4v) is 2.46. The molecule has 0 saturated heterocycles. The summed E-state index contributed by atoms with van der Waals surface area (Å²) in [5, 5.41) is 0. The number of ether oxygens (including phenoxy) is 1. The SMILES string of the molecule is Cc1ccc(C#Cc2nc3ncccc3nc2OCc2ccncc2)cc1. The van der Waals surface area contributed by atoms with Crippen LogP contribution in [0.25, 0.3) is 11.2 Å². The molecule has 0 fully saturated rings. The van der Waals surface area contributed by atoms with Crippen LogP contribution in [0.4, 0.5) is 0 Å². The van der Waals surface area contributed by atoms with Crippen LogP contribution in [0.1, 0.15) is 22.4 Å². The molecule has 0 bridgehead atoms. The number of fused-ring (bicyclic) bond motifs is 1. The van der Waals surface area contributed by atoms with E-state index < -0.39 is 0 Å². The summed E-state index contributed by atoms with van der Waals surface area (Å²) < 4.78 is 5.91. The first kappa shape index (κ1) is 16.7. The van der Waals surface area contributed by atoms with Gasteiger partial charge in [0.25, 0.3) is 0 Å². The Morgan fingerprint density at radius 2 is 1.70 bits per heavy atom. The number of pyridine rings is 2. The number of nitrogens with zero attached hydrogens (tertiary/aromatic N) is 4. The largest absolute Gasteiger partial charge is 0.471 e. The molecule has 0 amide bonds. The van der Waals surface area contributed by atoms with Crippen LogP contribution < -0.4 is 4.74 Å². The third-order valence-electron chi connectivity index (χ3n) is 3.91. The number of aromatic nitrogens is 4. The van der Waals surface area contributed by atoms with Crippen molar-refractivity contribution in [1.82, 2.24) is 19.9 Å². The van der Waals surface area contributed by atoms with Crippen molar-refractivity contribution in [3.05, 3.63) is 89.5 Å². The number of hydrogen-bond acceptors (Lipinski definition) is 5. The molecule has 0 radical (unpaired) electrons. The van der Waals surface area contributed by atoms with Gasteiger partial charge >= 0.3 is 0 Å². The average molecular weight is 352 g/mol. The van der Waals surface area contributed by atoms with Crippen LogP contribution in [0, 0.1) is 18.8 Å². The summed E-state index contributed by atoms with van der Waals surface area (Å²) in [4.78, 5) is 17.4. The predicted molar refractivity (Wildman–Crippen MR) is 103 cm³/mol. The van der Waals surface area contributed by atoms with Gasteiger partial charge in [0.05, 0.1) is 0 Å². The zero-order valence-corrected chi connectivity index (χ0v) is 14.8. The maximum absolute atomic E-state index is 5.91. The molecule has 130 valence electrons. The highest BCUT2D eigenvalue weighted by molar-refractivity contribution is 5.71. The van der Waals surface area contributed by atoms with Crippen LogP contribution in [0.5, 0.6) is 5.88 Å². The summed E-state index contributed by atoms with van der Waals surface area (Å²) in [6, 6.07) is 15.5. The molecule has 0 unspecified atom stereocenters. The Kier molecular flexibility index (Phi) is 4.71. The maximum atomic E-state index is 5.91. The average Bonchev–Trinajstić information content (AvgIpc) is 2.72. The Morgan fingerprint density at radius 3 is 2.52 bits per heavy atom. The molecule has 0 atom stereocenters. The minimum absolute atomic E-state index is 0.363. The second kappa shape index (κ2) is 7.63. The molecule has 3 aromatic heterocycles. The lowest BCUT2D eigenvalue weighted by atomic mass is 10.1. The van der Waals surface area contributed by atoms with Gasteiger partial charge in [-0.3, -0.25) is 4.98 Å². The molecule has 3 heterocycles. The Hall–Kier alpha value is -3.78. The Labute approximate surface area is 157 Å². The minimum atomic E-state index is 0.363. The highest BCUT2D eigenvalue weighted by Gasteiger charge is 2.09. The smallest absolute Gasteiger partial charge is 0.250 e. The lowest BCUT2D eigenvalue weighted by Gasteiger charge is -2.07. The fraction of sp³-hybridized carbons (Fsp3) is 0.0909. The summed E-state index contributed by atoms with van der Waals surface area (Å²) in [6.07, 6.45) is 5.14. The predicted octanol–water partition coefficient (Wildman–Crippen LogP) is 3.71. The highest BCUT2D eigenvalue weighted by atomic mass is 16.5. The first-order valence-corrected chi connectivity index (χ1v) is 8.51. The van der Waals surface area contributed by atoms with Crippen LogP contribution in [0.3, 0.4) is 0 Å². The second-order valence-corrected chi connectivity index (χ2v) is 5.98. The molecule has 0 aliphatic rings. The van der Waals surface area contributed by atoms with Gasteiger partial charge in [-0.05, 0) is 54.8 Å². The van der Waals surface area contributed by atoms with E-state index in [1.165, 1.54) is 5.56 Å². The van der Waals surface area contributed by atoms with Crippen molar-refractivity contribution >= 4 is 11.2 Å². The molecule has 5 heteroatoms. The number of benzene rings is 1. The van der Waals surface area contributed by atoms with Crippen molar-refractivity contribution in [3.8, 4) is 17.7 Å². The van der Waals surface area contributed by atoms with Crippen molar-refractivity contribution < 1.29 is 4.74 Å². The first-order chi connectivity index (χ1) is 13.3. The number of hydrogen-bond donors (Lipinski definition) is 0. The van der Waals surface area contributed by atoms with Crippen LogP contribution in [-0.4, -0.2) is 19.9 Å². The first-order valence-electron chi connectivity index (χ1n) is 8.51. The number of aryl methyl sites for hydroxylation is 1. The summed E-state index contributed by atoms with van der Waals surface area (Å²) in [6.45, 7) is 2.41. The van der Waals surface area contributed by atoms with Crippen molar-refractivity contribution in [3.63, 3.8) is 0 Å². The summed E-state index contributed by atoms with van der Waals surface area (Å²) in [5.41, 5.74) is 4.77. The highest BCUT2D eigenvalue weighted by Crippen LogP contribution is 2.18. The Bertz CT molecular complexity index is 1130. The monoisotopic (exact) mass is 352 g/mol. The van der Waals surface area contributed by atoms with Crippen molar-refractivity contribution in [2.45, 2.75) is 13.5 Å². The Balaban J connectivity index is 1.69. The van der Waals surface area contributed by atoms with E-state index in [-0.39, 0.29) is 0 Å². The molecule has 0 aliphatic carbocycles. The minimum Gasteiger partial charge on any atom is -0.471 e. The molecule has 0 aliphatic heterocycles. The van der Waals surface area contributed by atoms with E-state index in [0.717, 1.165) is 11.1 Å². The van der Waals surface area contributed by atoms with Gasteiger partial charge in [-0.1, -0.05) is 23.6 Å². The van der Waals surface area contributed by atoms with Crippen LogP contribution in [0.2, 0.25) is 0 Å². The molecule has 0 N–H and O–H groups in total. The van der Waals surface area contributed by atoms with Gasteiger partial charge in [0.15, 0.2) is 11.3 Å². The normalized spacial score (nSPS) is 10.3. The van der Waals surface area contributed by atoms with Crippen molar-refractivity contribution in [1.29, 1.82) is 0 Å². The van der Waals surface area contributed by atoms with Gasteiger partial charge in [0.1, 0.15) is 12.1 Å². The summed E-state index contributed by atoms with van der Waals surface area (Å²) in [5.74, 6) is 6.59. The lowest BCUT2D eigenvalue weighted by molar-refractivity contribution is 0.292. The van der Waals surface area contributed by atoms with E-state index in [1.807, 2.05) is 55.5 Å². The molecule has 5 nitrogen and oxygen atoms in total. The van der Waals surface area contributed by atoms with Crippen LogP contribution in [0.15, 0.2) is 67.1 Å². The summed E-state index contributed by atoms with van der Waals surface area (Å²) >= 11 is 0. The van der Waals surface area contributed by atoms with E-state index in [9.17, 15) is 0 Å². The van der Waals surface area contributed by atoms with Gasteiger partial charge in [-0.25, -0.2) is 15.0 Å². The second-order valence-electron chi connectivity index (χ2n) is 5.98. The van der Waals surface area contributed by atoms with Gasteiger partial charge in [0, 0.05) is 24.2 Å². The molecular formula is C22H16N4O. The topological polar surface area (TPSA) is 60.8 Å². The van der Waals surface area contributed by atoms with Crippen molar-refractivity contribution in [2.24, 2.45) is 0 Å². The zero-order valence-electron chi connectivity index (χ0n) is 14.8. The molecule has 0 spiro atoms. The van der Waals surface area contributed by atoms with Gasteiger partial charge < -0.3 is 4.74 Å². The van der Waals surface area contributed by atoms with E-state index in [4.69, 9.17) is 4.74 Å². The molecular weight excluding hydrogens is 336 g/mol. The third-order valence-corrected chi connectivity index (χ3v) is 3.91. The summed E-state index contributed by atoms with van der Waals surface area (Å²) in [7, 11) is 0. The molecule has 4 rings (SSSR count). The standard InChI is InChI=1S/C22H16N4O/c1-16-4-6-17(7-5-16)8-9-20-22(27-15-18-10-13-23-14-11-18)26-19-3-2-12-24-21(19)25-20/h2-7,10-14H,15H2,1H3. The molecule has 0 saturated carbocycles.